The van der Waals surface area contributed by atoms with Crippen LogP contribution in [0.3, 0.4) is 0 Å². The highest BCUT2D eigenvalue weighted by Gasteiger charge is 2.21. The summed E-state index contributed by atoms with van der Waals surface area (Å²) in [6.07, 6.45) is 4.63. The minimum atomic E-state index is -3.80. The molecule has 0 aliphatic heterocycles. The highest BCUT2D eigenvalue weighted by molar-refractivity contribution is 7.90. The third-order valence-corrected chi connectivity index (χ3v) is 7.69. The molecule has 36 heavy (non-hydrogen) atoms. The average Bonchev–Trinajstić information content (AvgIpc) is 3.25. The van der Waals surface area contributed by atoms with Crippen LogP contribution in [-0.2, 0) is 16.6 Å². The van der Waals surface area contributed by atoms with Gasteiger partial charge in [-0.3, -0.25) is 4.98 Å². The van der Waals surface area contributed by atoms with E-state index in [1.165, 1.54) is 10.2 Å². The molecule has 0 saturated carbocycles. The molecule has 0 bridgehead atoms. The van der Waals surface area contributed by atoms with Crippen LogP contribution in [0.15, 0.2) is 102 Å². The summed E-state index contributed by atoms with van der Waals surface area (Å²) < 4.78 is 28.3. The lowest BCUT2D eigenvalue weighted by Gasteiger charge is -2.13. The van der Waals surface area contributed by atoms with Crippen LogP contribution in [0.5, 0.6) is 0 Å². The Morgan fingerprint density at radius 3 is 2.44 bits per heavy atom. The maximum Gasteiger partial charge on any atom is 0.269 e. The normalized spacial score (nSPS) is 11.3. The molecule has 0 aliphatic rings. The topological polar surface area (TPSA) is 76.0 Å². The minimum Gasteiger partial charge on any atom is -0.355 e. The summed E-state index contributed by atoms with van der Waals surface area (Å²) >= 11 is 0. The van der Waals surface area contributed by atoms with E-state index in [1.807, 2.05) is 43.4 Å². The number of aromatic nitrogens is 2. The Kier molecular flexibility index (Phi) is 7.45. The zero-order valence-electron chi connectivity index (χ0n) is 20.0. The number of rotatable bonds is 7. The van der Waals surface area contributed by atoms with Gasteiger partial charge in [-0.1, -0.05) is 48.5 Å². The number of nitrogens with one attached hydrogen (secondary N) is 2. The molecule has 0 radical (unpaired) electrons. The second kappa shape index (κ2) is 10.5. The van der Waals surface area contributed by atoms with Crippen molar-refractivity contribution in [3.05, 3.63) is 109 Å². The Morgan fingerprint density at radius 1 is 0.917 bits per heavy atom. The fourth-order valence-corrected chi connectivity index (χ4v) is 5.56. The summed E-state index contributed by atoms with van der Waals surface area (Å²) in [5.41, 5.74) is 6.64. The summed E-state index contributed by atoms with van der Waals surface area (Å²) in [5.74, 6) is 0. The van der Waals surface area contributed by atoms with Crippen molar-refractivity contribution in [3.8, 4) is 11.1 Å². The lowest BCUT2D eigenvalue weighted by molar-refractivity contribution is 0.588. The van der Waals surface area contributed by atoms with Crippen LogP contribution in [0, 0.1) is 6.92 Å². The van der Waals surface area contributed by atoms with Crippen molar-refractivity contribution in [1.82, 2.24) is 14.3 Å². The van der Waals surface area contributed by atoms with E-state index in [0.717, 1.165) is 39.0 Å². The molecule has 0 amide bonds. The first kappa shape index (κ1) is 25.4. The lowest BCUT2D eigenvalue weighted by Crippen LogP contribution is -2.12. The number of hydrogen-bond donors (Lipinski definition) is 2. The molecule has 2 N–H and O–H groups in total. The molecule has 0 saturated heterocycles. The van der Waals surface area contributed by atoms with Crippen molar-refractivity contribution in [2.75, 3.05) is 12.4 Å². The minimum absolute atomic E-state index is 0. The van der Waals surface area contributed by atoms with Crippen LogP contribution in [0.2, 0.25) is 0 Å². The molecular formula is C28H27ClN4O2S. The summed E-state index contributed by atoms with van der Waals surface area (Å²) in [4.78, 5) is 4.15. The van der Waals surface area contributed by atoms with Crippen LogP contribution in [0.25, 0.3) is 22.0 Å². The van der Waals surface area contributed by atoms with Crippen molar-refractivity contribution in [1.29, 1.82) is 0 Å². The van der Waals surface area contributed by atoms with Gasteiger partial charge in [0.15, 0.2) is 0 Å². The summed E-state index contributed by atoms with van der Waals surface area (Å²) in [5, 5.41) is 7.51. The van der Waals surface area contributed by atoms with E-state index in [2.05, 4.69) is 52.9 Å². The molecule has 0 fully saturated rings. The standard InChI is InChI=1S/C28H26N4O2S.ClH/c1-20-10-11-22(21-7-4-3-5-8-21)15-27(20)31-24-12-13-26-23(17-29-2)19-32(28(26)16-24)35(33,34)25-9-6-14-30-18-25;/h3-16,18-19,29,31H,17H2,1-2H3;1H. The molecule has 5 rings (SSSR count). The Balaban J connectivity index is 0.00000304. The van der Waals surface area contributed by atoms with Crippen LogP contribution >= 0.6 is 12.4 Å². The quantitative estimate of drug-likeness (QED) is 0.271. The van der Waals surface area contributed by atoms with Gasteiger partial charge in [0.25, 0.3) is 10.0 Å². The molecule has 6 nitrogen and oxygen atoms in total. The number of anilines is 2. The van der Waals surface area contributed by atoms with Crippen molar-refractivity contribution >= 4 is 44.7 Å². The van der Waals surface area contributed by atoms with Crippen molar-refractivity contribution in [3.63, 3.8) is 0 Å². The maximum absolute atomic E-state index is 13.5. The SMILES string of the molecule is CNCc1cn(S(=O)(=O)c2cccnc2)c2cc(Nc3cc(-c4ccccc4)ccc3C)ccc12.Cl. The number of benzene rings is 3. The number of fused-ring (bicyclic) bond motifs is 1. The highest BCUT2D eigenvalue weighted by Crippen LogP contribution is 2.32. The zero-order valence-corrected chi connectivity index (χ0v) is 21.6. The maximum atomic E-state index is 13.5. The van der Waals surface area contributed by atoms with E-state index in [-0.39, 0.29) is 17.3 Å². The van der Waals surface area contributed by atoms with E-state index < -0.39 is 10.0 Å². The predicted octanol–water partition coefficient (Wildman–Crippen LogP) is 6.13. The van der Waals surface area contributed by atoms with Crippen molar-refractivity contribution in [2.24, 2.45) is 0 Å². The molecule has 0 atom stereocenters. The van der Waals surface area contributed by atoms with Gasteiger partial charge < -0.3 is 10.6 Å². The molecule has 8 heteroatoms. The molecule has 0 unspecified atom stereocenters. The van der Waals surface area contributed by atoms with E-state index in [9.17, 15) is 8.42 Å². The van der Waals surface area contributed by atoms with Gasteiger partial charge in [-0.15, -0.1) is 12.4 Å². The first-order valence-electron chi connectivity index (χ1n) is 11.3. The van der Waals surface area contributed by atoms with Gasteiger partial charge in [0.2, 0.25) is 0 Å². The van der Waals surface area contributed by atoms with Crippen LogP contribution < -0.4 is 10.6 Å². The summed E-state index contributed by atoms with van der Waals surface area (Å²) in [6, 6.07) is 25.6. The molecule has 5 aromatic rings. The van der Waals surface area contributed by atoms with Gasteiger partial charge in [0, 0.05) is 41.9 Å². The van der Waals surface area contributed by atoms with Gasteiger partial charge in [-0.2, -0.15) is 0 Å². The molecular weight excluding hydrogens is 492 g/mol. The summed E-state index contributed by atoms with van der Waals surface area (Å²) in [6.45, 7) is 2.60. The van der Waals surface area contributed by atoms with E-state index >= 15 is 0 Å². The Bertz CT molecular complexity index is 1600. The average molecular weight is 519 g/mol. The first-order valence-corrected chi connectivity index (χ1v) is 12.8. The second-order valence-electron chi connectivity index (χ2n) is 8.43. The lowest BCUT2D eigenvalue weighted by atomic mass is 10.0. The number of halogens is 1. The van der Waals surface area contributed by atoms with Gasteiger partial charge in [-0.05, 0) is 66.6 Å². The zero-order chi connectivity index (χ0) is 24.4. The van der Waals surface area contributed by atoms with Crippen molar-refractivity contribution < 1.29 is 8.42 Å². The Labute approximate surface area is 217 Å². The highest BCUT2D eigenvalue weighted by atomic mass is 35.5. The molecule has 3 aromatic carbocycles. The van der Waals surface area contributed by atoms with Crippen LogP contribution in [0.1, 0.15) is 11.1 Å². The molecule has 0 aliphatic carbocycles. The third-order valence-electron chi connectivity index (χ3n) is 6.04. The van der Waals surface area contributed by atoms with Gasteiger partial charge in [-0.25, -0.2) is 12.4 Å². The number of nitrogens with zero attached hydrogens (tertiary/aromatic N) is 2. The second-order valence-corrected chi connectivity index (χ2v) is 10.2. The fraction of sp³-hybridized carbons (Fsp3) is 0.107. The smallest absolute Gasteiger partial charge is 0.269 e. The molecule has 184 valence electrons. The molecule has 2 heterocycles. The number of pyridine rings is 1. The monoisotopic (exact) mass is 518 g/mol. The Hall–Kier alpha value is -3.65. The van der Waals surface area contributed by atoms with E-state index in [0.29, 0.717) is 12.1 Å². The fourth-order valence-electron chi connectivity index (χ4n) is 4.21. The summed E-state index contributed by atoms with van der Waals surface area (Å²) in [7, 11) is -1.96. The van der Waals surface area contributed by atoms with Crippen LogP contribution in [0.4, 0.5) is 11.4 Å². The van der Waals surface area contributed by atoms with E-state index in [1.54, 1.807) is 24.5 Å². The number of aryl methyl sites for hydroxylation is 1. The number of hydrogen-bond acceptors (Lipinski definition) is 5. The predicted molar refractivity (Wildman–Crippen MR) is 149 cm³/mol. The van der Waals surface area contributed by atoms with Gasteiger partial charge in [0.1, 0.15) is 4.90 Å². The first-order chi connectivity index (χ1) is 17.0. The Morgan fingerprint density at radius 2 is 1.72 bits per heavy atom. The van der Waals surface area contributed by atoms with E-state index in [4.69, 9.17) is 0 Å². The largest absolute Gasteiger partial charge is 0.355 e. The molecule has 0 spiro atoms. The van der Waals surface area contributed by atoms with Gasteiger partial charge in [0.05, 0.1) is 5.52 Å². The third kappa shape index (κ3) is 4.86. The van der Waals surface area contributed by atoms with Crippen molar-refractivity contribution in [2.45, 2.75) is 18.4 Å². The molecule has 2 aromatic heterocycles. The van der Waals surface area contributed by atoms with Crippen LogP contribution in [-0.4, -0.2) is 24.4 Å². The van der Waals surface area contributed by atoms with Gasteiger partial charge >= 0.3 is 0 Å².